The van der Waals surface area contributed by atoms with Gasteiger partial charge in [-0.05, 0) is 49.2 Å². The number of imidazole rings is 1. The van der Waals surface area contributed by atoms with Gasteiger partial charge in [0.1, 0.15) is 0 Å². The summed E-state index contributed by atoms with van der Waals surface area (Å²) in [6.07, 6.45) is -1.19. The molecule has 4 rings (SSSR count). The van der Waals surface area contributed by atoms with E-state index in [-0.39, 0.29) is 18.5 Å². The second-order valence-corrected chi connectivity index (χ2v) is 7.86. The van der Waals surface area contributed by atoms with Crippen LogP contribution in [-0.4, -0.2) is 40.0 Å². The number of aromatic nitrogens is 2. The normalized spacial score (nSPS) is 16.1. The maximum atomic E-state index is 12.9. The van der Waals surface area contributed by atoms with Crippen LogP contribution in [0.3, 0.4) is 0 Å². The van der Waals surface area contributed by atoms with Crippen molar-refractivity contribution in [1.29, 1.82) is 0 Å². The van der Waals surface area contributed by atoms with Crippen LogP contribution in [0.1, 0.15) is 24.4 Å². The van der Waals surface area contributed by atoms with E-state index in [0.29, 0.717) is 34.8 Å². The molecule has 1 aliphatic heterocycles. The molecule has 0 aliphatic carbocycles. The molecule has 0 unspecified atom stereocenters. The molecule has 0 spiro atoms. The Balaban J connectivity index is 1.36. The summed E-state index contributed by atoms with van der Waals surface area (Å²) in [6, 6.07) is 10.8. The Morgan fingerprint density at radius 1 is 1.17 bits per heavy atom. The summed E-state index contributed by atoms with van der Waals surface area (Å²) in [5.74, 6) is -0.108. The molecular weight excluding hydrogens is 417 g/mol. The lowest BCUT2D eigenvalue weighted by atomic mass is 10.0. The number of anilines is 1. The zero-order valence-corrected chi connectivity index (χ0v) is 16.7. The van der Waals surface area contributed by atoms with E-state index in [1.54, 1.807) is 30.6 Å². The van der Waals surface area contributed by atoms with Gasteiger partial charge in [0.2, 0.25) is 5.91 Å². The van der Waals surface area contributed by atoms with E-state index in [1.165, 1.54) is 6.07 Å². The summed E-state index contributed by atoms with van der Waals surface area (Å²) in [5.41, 5.74) is 1.000. The van der Waals surface area contributed by atoms with Crippen molar-refractivity contribution in [2.24, 2.45) is 0 Å². The van der Waals surface area contributed by atoms with E-state index in [0.717, 1.165) is 25.0 Å². The number of benzene rings is 2. The highest BCUT2D eigenvalue weighted by atomic mass is 35.5. The number of hydrogen-bond acceptors (Lipinski definition) is 3. The number of nitrogens with zero attached hydrogens (tertiary/aromatic N) is 3. The van der Waals surface area contributed by atoms with Crippen molar-refractivity contribution in [3.8, 4) is 0 Å². The van der Waals surface area contributed by atoms with Gasteiger partial charge in [0.05, 0.1) is 29.5 Å². The molecule has 158 valence electrons. The number of fused-ring (bicyclic) bond motifs is 1. The molecule has 1 fully saturated rings. The summed E-state index contributed by atoms with van der Waals surface area (Å²) in [5, 5.41) is 3.40. The van der Waals surface area contributed by atoms with Crippen molar-refractivity contribution in [3.63, 3.8) is 0 Å². The molecule has 1 amide bonds. The number of likely N-dealkylation sites (tertiary alicyclic amines) is 1. The predicted molar refractivity (Wildman–Crippen MR) is 110 cm³/mol. The van der Waals surface area contributed by atoms with Crippen LogP contribution in [0.25, 0.3) is 11.0 Å². The lowest BCUT2D eigenvalue weighted by Gasteiger charge is -2.32. The van der Waals surface area contributed by atoms with Crippen LogP contribution in [-0.2, 0) is 11.0 Å². The molecular formula is C21H20ClF3N4O. The van der Waals surface area contributed by atoms with E-state index in [2.05, 4.69) is 15.2 Å². The minimum Gasteiger partial charge on any atom is -0.327 e. The zero-order valence-electron chi connectivity index (χ0n) is 16.0. The summed E-state index contributed by atoms with van der Waals surface area (Å²) < 4.78 is 40.7. The molecule has 0 radical (unpaired) electrons. The molecule has 0 atom stereocenters. The molecule has 1 aromatic heterocycles. The van der Waals surface area contributed by atoms with Crippen molar-refractivity contribution in [3.05, 3.63) is 59.4 Å². The van der Waals surface area contributed by atoms with Gasteiger partial charge >= 0.3 is 6.18 Å². The SMILES string of the molecule is O=C(CN1CCC(n2cnc3cc(C(F)(F)F)ccc32)CC1)Nc1cccc(Cl)c1. The van der Waals surface area contributed by atoms with Gasteiger partial charge in [-0.25, -0.2) is 4.98 Å². The van der Waals surface area contributed by atoms with Gasteiger partial charge in [0, 0.05) is 29.8 Å². The number of amides is 1. The number of piperidine rings is 1. The van der Waals surface area contributed by atoms with Crippen LogP contribution in [0.5, 0.6) is 0 Å². The van der Waals surface area contributed by atoms with Gasteiger partial charge < -0.3 is 9.88 Å². The molecule has 1 saturated heterocycles. The molecule has 3 aromatic rings. The van der Waals surface area contributed by atoms with Crippen LogP contribution in [0, 0.1) is 0 Å². The van der Waals surface area contributed by atoms with Crippen LogP contribution < -0.4 is 5.32 Å². The highest BCUT2D eigenvalue weighted by Crippen LogP contribution is 2.33. The third kappa shape index (κ3) is 4.60. The first-order chi connectivity index (χ1) is 14.3. The number of nitrogens with one attached hydrogen (secondary N) is 1. The minimum absolute atomic E-state index is 0.108. The van der Waals surface area contributed by atoms with E-state index in [9.17, 15) is 18.0 Å². The quantitative estimate of drug-likeness (QED) is 0.627. The van der Waals surface area contributed by atoms with Crippen LogP contribution in [0.4, 0.5) is 18.9 Å². The van der Waals surface area contributed by atoms with Crippen LogP contribution in [0.15, 0.2) is 48.8 Å². The lowest BCUT2D eigenvalue weighted by molar-refractivity contribution is -0.137. The van der Waals surface area contributed by atoms with Gasteiger partial charge in [-0.2, -0.15) is 13.2 Å². The molecule has 9 heteroatoms. The van der Waals surface area contributed by atoms with Crippen LogP contribution >= 0.6 is 11.6 Å². The summed E-state index contributed by atoms with van der Waals surface area (Å²) >= 11 is 5.93. The van der Waals surface area contributed by atoms with Gasteiger partial charge in [-0.15, -0.1) is 0 Å². The minimum atomic E-state index is -4.38. The Kier molecular flexibility index (Phi) is 5.71. The topological polar surface area (TPSA) is 50.2 Å². The van der Waals surface area contributed by atoms with E-state index >= 15 is 0 Å². The fourth-order valence-electron chi connectivity index (χ4n) is 3.82. The second-order valence-electron chi connectivity index (χ2n) is 7.42. The second kappa shape index (κ2) is 8.28. The Hall–Kier alpha value is -2.58. The van der Waals surface area contributed by atoms with E-state index in [1.807, 2.05) is 4.57 Å². The largest absolute Gasteiger partial charge is 0.416 e. The third-order valence-electron chi connectivity index (χ3n) is 5.33. The van der Waals surface area contributed by atoms with Gasteiger partial charge in [-0.1, -0.05) is 17.7 Å². The molecule has 30 heavy (non-hydrogen) atoms. The van der Waals surface area contributed by atoms with Gasteiger partial charge in [0.25, 0.3) is 0 Å². The average molecular weight is 437 g/mol. The van der Waals surface area contributed by atoms with Crippen molar-refractivity contribution in [2.75, 3.05) is 25.0 Å². The van der Waals surface area contributed by atoms with Gasteiger partial charge in [0.15, 0.2) is 0 Å². The van der Waals surface area contributed by atoms with Crippen molar-refractivity contribution in [2.45, 2.75) is 25.1 Å². The Morgan fingerprint density at radius 3 is 2.63 bits per heavy atom. The standard InChI is InChI=1S/C21H20ClF3N4O/c22-15-2-1-3-16(11-15)27-20(30)12-28-8-6-17(7-9-28)29-13-26-18-10-14(21(23,24)25)4-5-19(18)29/h1-5,10-11,13,17H,6-9,12H2,(H,27,30). The lowest BCUT2D eigenvalue weighted by Crippen LogP contribution is -2.39. The molecule has 1 N–H and O–H groups in total. The van der Waals surface area contributed by atoms with Crippen LogP contribution in [0.2, 0.25) is 5.02 Å². The third-order valence-corrected chi connectivity index (χ3v) is 5.56. The Bertz CT molecular complexity index is 1060. The number of alkyl halides is 3. The van der Waals surface area contributed by atoms with E-state index < -0.39 is 11.7 Å². The first-order valence-electron chi connectivity index (χ1n) is 9.61. The van der Waals surface area contributed by atoms with Crippen molar-refractivity contribution in [1.82, 2.24) is 14.5 Å². The number of hydrogen-bond donors (Lipinski definition) is 1. The molecule has 0 bridgehead atoms. The molecule has 5 nitrogen and oxygen atoms in total. The monoisotopic (exact) mass is 436 g/mol. The molecule has 2 aromatic carbocycles. The maximum Gasteiger partial charge on any atom is 0.416 e. The molecule has 0 saturated carbocycles. The number of rotatable bonds is 4. The van der Waals surface area contributed by atoms with E-state index in [4.69, 9.17) is 11.6 Å². The Labute approximate surface area is 176 Å². The maximum absolute atomic E-state index is 12.9. The first kappa shape index (κ1) is 20.7. The molecule has 2 heterocycles. The predicted octanol–water partition coefficient (Wildman–Crippen LogP) is 4.98. The number of carbonyl (C=O) groups excluding carboxylic acids is 1. The highest BCUT2D eigenvalue weighted by Gasteiger charge is 2.31. The number of halogens is 4. The fourth-order valence-corrected chi connectivity index (χ4v) is 4.01. The fraction of sp³-hybridized carbons (Fsp3) is 0.333. The summed E-state index contributed by atoms with van der Waals surface area (Å²) in [7, 11) is 0. The first-order valence-corrected chi connectivity index (χ1v) is 9.99. The zero-order chi connectivity index (χ0) is 21.3. The highest BCUT2D eigenvalue weighted by molar-refractivity contribution is 6.30. The van der Waals surface area contributed by atoms with Gasteiger partial charge in [-0.3, -0.25) is 9.69 Å². The average Bonchev–Trinajstić information content (AvgIpc) is 3.11. The Morgan fingerprint density at radius 2 is 1.93 bits per heavy atom. The number of carbonyl (C=O) groups is 1. The smallest absolute Gasteiger partial charge is 0.327 e. The van der Waals surface area contributed by atoms with Crippen molar-refractivity contribution < 1.29 is 18.0 Å². The summed E-state index contributed by atoms with van der Waals surface area (Å²) in [6.45, 7) is 1.71. The van der Waals surface area contributed by atoms with Crippen molar-refractivity contribution >= 4 is 34.2 Å². The summed E-state index contributed by atoms with van der Waals surface area (Å²) in [4.78, 5) is 18.5. The molecule has 1 aliphatic rings.